The molecule has 0 heterocycles. The van der Waals surface area contributed by atoms with Crippen molar-refractivity contribution < 1.29 is 22.7 Å². The summed E-state index contributed by atoms with van der Waals surface area (Å²) < 4.78 is 31.8. The van der Waals surface area contributed by atoms with E-state index >= 15 is 0 Å². The van der Waals surface area contributed by atoms with Crippen LogP contribution < -0.4 is 14.4 Å². The van der Waals surface area contributed by atoms with Gasteiger partial charge in [0.2, 0.25) is 21.8 Å². The summed E-state index contributed by atoms with van der Waals surface area (Å²) in [7, 11) is -2.24. The van der Waals surface area contributed by atoms with Gasteiger partial charge in [-0.1, -0.05) is 71.2 Å². The van der Waals surface area contributed by atoms with Crippen LogP contribution >= 0.6 is 34.8 Å². The fraction of sp³-hybridized carbons (Fsp3) is 0.375. The molecule has 0 fully saturated rings. The number of benzene rings is 3. The van der Waals surface area contributed by atoms with Crippen LogP contribution in [0.2, 0.25) is 15.1 Å². The lowest BCUT2D eigenvalue weighted by Gasteiger charge is -2.34. The number of methoxy groups -OCH3 is 1. The number of nitrogens with one attached hydrogen (secondary N) is 1. The first-order valence-corrected chi connectivity index (χ1v) is 17.0. The van der Waals surface area contributed by atoms with E-state index in [1.165, 1.54) is 22.4 Å². The monoisotopic (exact) mass is 681 g/mol. The van der Waals surface area contributed by atoms with Crippen molar-refractivity contribution in [3.8, 4) is 5.75 Å². The Hall–Kier alpha value is -2.98. The largest absolute Gasteiger partial charge is 0.495 e. The smallest absolute Gasteiger partial charge is 0.243 e. The Morgan fingerprint density at radius 3 is 2.20 bits per heavy atom. The molecule has 0 unspecified atom stereocenters. The fourth-order valence-corrected chi connectivity index (χ4v) is 6.33. The zero-order valence-corrected chi connectivity index (χ0v) is 28.5. The van der Waals surface area contributed by atoms with Crippen LogP contribution in [0.4, 0.5) is 5.69 Å². The SMILES string of the molecule is COc1ccc(N(CCCC(=O)N(Cc2ccc(Cl)cc2Cl)[C@@H](Cc2ccccc2)C(=O)NC(C)(C)C)S(C)(=O)=O)cc1Cl. The standard InChI is InChI=1S/C32H38Cl3N3O5S/c1-32(2,3)36-31(40)28(18-22-10-7-6-8-11-22)37(21-23-13-14-24(33)19-26(23)34)30(39)12-9-17-38(44(5,41)42)25-15-16-29(43-4)27(35)20-25/h6-8,10-11,13-16,19-20,28H,9,12,17-18,21H2,1-5H3,(H,36,40)/t28-/m0/s1. The minimum atomic E-state index is -3.71. The average molecular weight is 683 g/mol. The van der Waals surface area contributed by atoms with Gasteiger partial charge in [0.1, 0.15) is 11.8 Å². The lowest BCUT2D eigenvalue weighted by atomic mass is 10.00. The quantitative estimate of drug-likeness (QED) is 0.215. The summed E-state index contributed by atoms with van der Waals surface area (Å²) >= 11 is 18.9. The number of nitrogens with zero attached hydrogens (tertiary/aromatic N) is 2. The average Bonchev–Trinajstić information content (AvgIpc) is 2.92. The molecule has 8 nitrogen and oxygen atoms in total. The Balaban J connectivity index is 1.94. The van der Waals surface area contributed by atoms with Crippen LogP contribution in [-0.4, -0.2) is 56.6 Å². The van der Waals surface area contributed by atoms with Gasteiger partial charge in [-0.3, -0.25) is 13.9 Å². The van der Waals surface area contributed by atoms with Crippen molar-refractivity contribution in [2.75, 3.05) is 24.2 Å². The van der Waals surface area contributed by atoms with Crippen molar-refractivity contribution >= 4 is 62.3 Å². The first kappa shape index (κ1) is 35.5. The van der Waals surface area contributed by atoms with Gasteiger partial charge in [-0.2, -0.15) is 0 Å². The predicted molar refractivity (Wildman–Crippen MR) is 178 cm³/mol. The van der Waals surface area contributed by atoms with Crippen LogP contribution in [0, 0.1) is 0 Å². The van der Waals surface area contributed by atoms with Gasteiger partial charge in [0.25, 0.3) is 0 Å². The molecule has 1 atom stereocenters. The molecule has 0 aliphatic rings. The highest BCUT2D eigenvalue weighted by Gasteiger charge is 2.32. The molecular weight excluding hydrogens is 645 g/mol. The molecule has 0 spiro atoms. The lowest BCUT2D eigenvalue weighted by Crippen LogP contribution is -2.54. The van der Waals surface area contributed by atoms with Gasteiger partial charge in [-0.25, -0.2) is 8.42 Å². The highest BCUT2D eigenvalue weighted by molar-refractivity contribution is 7.92. The van der Waals surface area contributed by atoms with Crippen molar-refractivity contribution in [2.24, 2.45) is 0 Å². The highest BCUT2D eigenvalue weighted by atomic mass is 35.5. The zero-order chi connectivity index (χ0) is 32.7. The van der Waals surface area contributed by atoms with Crippen LogP contribution in [-0.2, 0) is 32.6 Å². The second-order valence-electron chi connectivity index (χ2n) is 11.5. The van der Waals surface area contributed by atoms with Crippen molar-refractivity contribution in [1.29, 1.82) is 0 Å². The van der Waals surface area contributed by atoms with E-state index in [1.807, 2.05) is 51.1 Å². The maximum atomic E-state index is 14.0. The van der Waals surface area contributed by atoms with E-state index in [4.69, 9.17) is 39.5 Å². The summed E-state index contributed by atoms with van der Waals surface area (Å²) in [6.45, 7) is 5.68. The third-order valence-electron chi connectivity index (χ3n) is 6.70. The number of carbonyl (C=O) groups is 2. The van der Waals surface area contributed by atoms with Crippen molar-refractivity contribution in [3.05, 3.63) is 92.9 Å². The topological polar surface area (TPSA) is 96.0 Å². The normalized spacial score (nSPS) is 12.4. The van der Waals surface area contributed by atoms with Gasteiger partial charge < -0.3 is 15.0 Å². The van der Waals surface area contributed by atoms with E-state index in [2.05, 4.69) is 5.32 Å². The molecule has 238 valence electrons. The Labute approximate surface area is 275 Å². The first-order chi connectivity index (χ1) is 20.6. The number of ether oxygens (including phenoxy) is 1. The number of sulfonamides is 1. The van der Waals surface area contributed by atoms with E-state index in [0.717, 1.165) is 11.8 Å². The van der Waals surface area contributed by atoms with Gasteiger partial charge in [-0.15, -0.1) is 0 Å². The third kappa shape index (κ3) is 10.3. The molecule has 0 bridgehead atoms. The molecule has 0 saturated carbocycles. The van der Waals surface area contributed by atoms with Crippen LogP contribution in [0.15, 0.2) is 66.7 Å². The highest BCUT2D eigenvalue weighted by Crippen LogP contribution is 2.31. The van der Waals surface area contributed by atoms with Crippen LogP contribution in [0.3, 0.4) is 0 Å². The summed E-state index contributed by atoms with van der Waals surface area (Å²) in [5, 5.41) is 4.09. The molecule has 0 radical (unpaired) electrons. The number of anilines is 1. The maximum absolute atomic E-state index is 14.0. The Bertz CT molecular complexity index is 1560. The molecule has 12 heteroatoms. The number of halogens is 3. The fourth-order valence-electron chi connectivity index (χ4n) is 4.65. The molecular formula is C32H38Cl3N3O5S. The van der Waals surface area contributed by atoms with Crippen LogP contribution in [0.1, 0.15) is 44.7 Å². The molecule has 0 aromatic heterocycles. The first-order valence-electron chi connectivity index (χ1n) is 14.0. The van der Waals surface area contributed by atoms with Crippen molar-refractivity contribution in [1.82, 2.24) is 10.2 Å². The summed E-state index contributed by atoms with van der Waals surface area (Å²) in [4.78, 5) is 29.3. The molecule has 3 rings (SSSR count). The summed E-state index contributed by atoms with van der Waals surface area (Å²) in [5.74, 6) is -0.235. The number of hydrogen-bond acceptors (Lipinski definition) is 5. The second-order valence-corrected chi connectivity index (χ2v) is 14.6. The zero-order valence-electron chi connectivity index (χ0n) is 25.4. The third-order valence-corrected chi connectivity index (χ3v) is 8.78. The number of hydrogen-bond donors (Lipinski definition) is 1. The molecule has 0 aliphatic heterocycles. The number of rotatable bonds is 13. The Morgan fingerprint density at radius 1 is 0.955 bits per heavy atom. The number of amides is 2. The van der Waals surface area contributed by atoms with Gasteiger partial charge in [-0.05, 0) is 68.7 Å². The van der Waals surface area contributed by atoms with Crippen molar-refractivity contribution in [3.63, 3.8) is 0 Å². The van der Waals surface area contributed by atoms with E-state index in [1.54, 1.807) is 30.3 Å². The summed E-state index contributed by atoms with van der Waals surface area (Å²) in [5.41, 5.74) is 1.30. The molecule has 0 aliphatic carbocycles. The van der Waals surface area contributed by atoms with E-state index in [-0.39, 0.29) is 49.2 Å². The number of carbonyl (C=O) groups excluding carboxylic acids is 2. The van der Waals surface area contributed by atoms with Gasteiger partial charge in [0.15, 0.2) is 0 Å². The van der Waals surface area contributed by atoms with Gasteiger partial charge in [0, 0.05) is 41.5 Å². The minimum absolute atomic E-state index is 0.0142. The Morgan fingerprint density at radius 2 is 1.64 bits per heavy atom. The molecule has 0 saturated heterocycles. The minimum Gasteiger partial charge on any atom is -0.495 e. The lowest BCUT2D eigenvalue weighted by molar-refractivity contribution is -0.142. The van der Waals surface area contributed by atoms with Crippen LogP contribution in [0.25, 0.3) is 0 Å². The summed E-state index contributed by atoms with van der Waals surface area (Å²) in [6, 6.07) is 18.2. The molecule has 3 aromatic rings. The van der Waals surface area contributed by atoms with Gasteiger partial charge >= 0.3 is 0 Å². The van der Waals surface area contributed by atoms with Gasteiger partial charge in [0.05, 0.1) is 24.1 Å². The Kier molecular flexibility index (Phi) is 12.4. The predicted octanol–water partition coefficient (Wildman–Crippen LogP) is 6.76. The molecule has 44 heavy (non-hydrogen) atoms. The summed E-state index contributed by atoms with van der Waals surface area (Å²) in [6.07, 6.45) is 1.50. The van der Waals surface area contributed by atoms with E-state index < -0.39 is 21.6 Å². The molecule has 3 aromatic carbocycles. The van der Waals surface area contributed by atoms with E-state index in [0.29, 0.717) is 27.0 Å². The maximum Gasteiger partial charge on any atom is 0.243 e. The molecule has 1 N–H and O–H groups in total. The van der Waals surface area contributed by atoms with E-state index in [9.17, 15) is 18.0 Å². The molecule has 2 amide bonds. The van der Waals surface area contributed by atoms with Crippen molar-refractivity contribution in [2.45, 2.75) is 58.2 Å². The second kappa shape index (κ2) is 15.3. The van der Waals surface area contributed by atoms with Crippen LogP contribution in [0.5, 0.6) is 5.75 Å².